The zero-order valence-corrected chi connectivity index (χ0v) is 25.8. The molecule has 4 aliphatic carbocycles. The van der Waals surface area contributed by atoms with Crippen LogP contribution in [0.25, 0.3) is 0 Å². The molecule has 4 fully saturated rings. The van der Waals surface area contributed by atoms with E-state index in [0.717, 1.165) is 0 Å². The fraction of sp³-hybridized carbons (Fsp3) is 0.0769. The Kier molecular flexibility index (Phi) is 16.1. The Bertz CT molecular complexity index is 986. The summed E-state index contributed by atoms with van der Waals surface area (Å²) in [5.74, 6) is 3.10. The quantitative estimate of drug-likeness (QED) is 0.243. The second kappa shape index (κ2) is 19.2. The Hall–Kier alpha value is -1.24. The van der Waals surface area contributed by atoms with E-state index in [9.17, 15) is 0 Å². The van der Waals surface area contributed by atoms with Crippen LogP contribution in [0.15, 0.2) is 72.8 Å². The fourth-order valence-corrected chi connectivity index (χ4v) is 5.29. The third-order valence-corrected chi connectivity index (χ3v) is 7.21. The molecule has 208 valence electrons. The molecule has 42 heavy (non-hydrogen) atoms. The van der Waals surface area contributed by atoms with Crippen LogP contribution >= 0.6 is 0 Å². The van der Waals surface area contributed by atoms with Gasteiger partial charge in [0.2, 0.25) is 0 Å². The van der Waals surface area contributed by atoms with E-state index in [1.165, 1.54) is 34.4 Å². The third-order valence-electron chi connectivity index (χ3n) is 7.21. The topological polar surface area (TPSA) is 4.93 Å². The van der Waals surface area contributed by atoms with Crippen LogP contribution in [-0.4, -0.2) is 4.57 Å². The van der Waals surface area contributed by atoms with Crippen molar-refractivity contribution >= 4 is 0 Å². The van der Waals surface area contributed by atoms with Crippen LogP contribution in [0.3, 0.4) is 0 Å². The molecule has 7 rings (SSSR count). The summed E-state index contributed by atoms with van der Waals surface area (Å²) < 4.78 is 2.40. The van der Waals surface area contributed by atoms with Gasteiger partial charge in [0.05, 0.1) is 0 Å². The minimum absolute atomic E-state index is 0. The molecule has 0 aliphatic heterocycles. The summed E-state index contributed by atoms with van der Waals surface area (Å²) in [7, 11) is 2.21. The van der Waals surface area contributed by atoms with E-state index in [2.05, 4.69) is 136 Å². The molecule has 2 aromatic carbocycles. The molecule has 2 atom stereocenters. The smallest absolute Gasteiger partial charge is 0.350 e. The Morgan fingerprint density at radius 2 is 0.667 bits per heavy atom. The average Bonchev–Trinajstić information content (AvgIpc) is 3.85. The molecule has 0 amide bonds. The number of benzene rings is 2. The molecule has 0 bridgehead atoms. The maximum Gasteiger partial charge on any atom is 2.00 e. The zero-order valence-electron chi connectivity index (χ0n) is 23.6. The Labute approximate surface area is 279 Å². The summed E-state index contributed by atoms with van der Waals surface area (Å²) in [5.41, 5.74) is 5.27. The first-order valence-electron chi connectivity index (χ1n) is 13.8. The van der Waals surface area contributed by atoms with Crippen LogP contribution < -0.4 is 0 Å². The molecule has 2 unspecified atom stereocenters. The standard InChI is InChI=1S/C29H25N.2C5H5.2Fe/c1-30-26(28(24-16-8-9-17-24)22-12-4-2-5-13-22)20-21-27(30)29(25-18-10-11-19-25)23-14-6-3-7-15-23;2*1-2-4-5-3-1;;/h2-21,28-29H,1H3;2*1-5H;;/q;;;2*+2. The predicted octanol–water partition coefficient (Wildman–Crippen LogP) is 8.14. The van der Waals surface area contributed by atoms with E-state index in [0.29, 0.717) is 0 Å². The summed E-state index contributed by atoms with van der Waals surface area (Å²) in [5, 5.41) is 0. The zero-order chi connectivity index (χ0) is 27.4. The van der Waals surface area contributed by atoms with Crippen molar-refractivity contribution in [3.8, 4) is 0 Å². The van der Waals surface area contributed by atoms with E-state index in [-0.39, 0.29) is 46.0 Å². The van der Waals surface area contributed by atoms with E-state index < -0.39 is 0 Å². The van der Waals surface area contributed by atoms with Gasteiger partial charge in [-0.05, 0) is 151 Å². The van der Waals surface area contributed by atoms with Crippen LogP contribution in [0.5, 0.6) is 0 Å². The molecule has 3 heteroatoms. The van der Waals surface area contributed by atoms with Gasteiger partial charge in [0.1, 0.15) is 0 Å². The molecule has 1 aromatic heterocycles. The molecular formula is C39H35Fe2N+4. The SMILES string of the molecule is Cn1c(C([C]2[CH][CH][CH][CH]2)c2ccccc2)ccc1C([C]1[CH][CH][CH][CH]1)c1ccccc1.[CH]1[CH][CH][CH][CH]1.[CH]1[CH][CH][CH][CH]1.[Fe+2].[Fe+2]. The molecule has 20 radical (unpaired) electrons. The van der Waals surface area contributed by atoms with Crippen molar-refractivity contribution in [3.05, 3.63) is 223 Å². The molecule has 4 saturated carbocycles. The van der Waals surface area contributed by atoms with Gasteiger partial charge in [-0.2, -0.15) is 0 Å². The van der Waals surface area contributed by atoms with Crippen LogP contribution in [0.2, 0.25) is 0 Å². The van der Waals surface area contributed by atoms with Gasteiger partial charge in [-0.1, -0.05) is 60.7 Å². The molecule has 1 nitrogen and oxygen atoms in total. The average molecular weight is 629 g/mol. The van der Waals surface area contributed by atoms with Gasteiger partial charge in [-0.25, -0.2) is 0 Å². The number of nitrogens with zero attached hydrogens (tertiary/aromatic N) is 1. The second-order valence-corrected chi connectivity index (χ2v) is 9.79. The molecule has 1 heterocycles. The van der Waals surface area contributed by atoms with Crippen molar-refractivity contribution in [2.75, 3.05) is 0 Å². The molecule has 4 aliphatic rings. The van der Waals surface area contributed by atoms with Gasteiger partial charge >= 0.3 is 34.1 Å². The Balaban J connectivity index is 0.000000341. The van der Waals surface area contributed by atoms with Crippen LogP contribution in [0.4, 0.5) is 0 Å². The van der Waals surface area contributed by atoms with E-state index >= 15 is 0 Å². The van der Waals surface area contributed by atoms with E-state index in [1.807, 2.05) is 64.2 Å². The number of aromatic nitrogens is 1. The fourth-order valence-electron chi connectivity index (χ4n) is 5.29. The normalized spacial score (nSPS) is 19.9. The Morgan fingerprint density at radius 3 is 0.952 bits per heavy atom. The molecular weight excluding hydrogens is 594 g/mol. The number of hydrogen-bond donors (Lipinski definition) is 0. The van der Waals surface area contributed by atoms with Crippen molar-refractivity contribution < 1.29 is 34.1 Å². The van der Waals surface area contributed by atoms with Crippen LogP contribution in [-0.2, 0) is 41.2 Å². The van der Waals surface area contributed by atoms with Gasteiger partial charge in [0, 0.05) is 30.3 Å². The third kappa shape index (κ3) is 9.63. The maximum atomic E-state index is 2.40. The van der Waals surface area contributed by atoms with Gasteiger partial charge in [0.25, 0.3) is 0 Å². The monoisotopic (exact) mass is 629 g/mol. The first-order chi connectivity index (χ1) is 19.8. The van der Waals surface area contributed by atoms with Crippen molar-refractivity contribution in [2.45, 2.75) is 11.8 Å². The van der Waals surface area contributed by atoms with Crippen molar-refractivity contribution in [2.24, 2.45) is 7.05 Å². The predicted molar refractivity (Wildman–Crippen MR) is 166 cm³/mol. The first-order valence-corrected chi connectivity index (χ1v) is 13.8. The van der Waals surface area contributed by atoms with Gasteiger partial charge in [0.15, 0.2) is 0 Å². The summed E-state index contributed by atoms with van der Waals surface area (Å²) in [6.07, 6.45) is 37.5. The Morgan fingerprint density at radius 1 is 0.381 bits per heavy atom. The van der Waals surface area contributed by atoms with Gasteiger partial charge < -0.3 is 4.57 Å². The molecule has 0 spiro atoms. The minimum atomic E-state index is 0. The first kappa shape index (κ1) is 35.2. The summed E-state index contributed by atoms with van der Waals surface area (Å²) in [6.45, 7) is 0. The van der Waals surface area contributed by atoms with E-state index in [4.69, 9.17) is 0 Å². The maximum absolute atomic E-state index is 2.40. The van der Waals surface area contributed by atoms with Crippen molar-refractivity contribution in [3.63, 3.8) is 0 Å². The number of rotatable bonds is 6. The largest absolute Gasteiger partial charge is 2.00 e. The van der Waals surface area contributed by atoms with Gasteiger partial charge in [-0.15, -0.1) is 0 Å². The number of hydrogen-bond acceptors (Lipinski definition) is 0. The van der Waals surface area contributed by atoms with Crippen LogP contribution in [0, 0.1) is 127 Å². The molecule has 0 saturated heterocycles. The van der Waals surface area contributed by atoms with Crippen molar-refractivity contribution in [1.82, 2.24) is 4.57 Å². The second-order valence-electron chi connectivity index (χ2n) is 9.79. The van der Waals surface area contributed by atoms with E-state index in [1.54, 1.807) is 0 Å². The summed E-state index contributed by atoms with van der Waals surface area (Å²) in [4.78, 5) is 0. The summed E-state index contributed by atoms with van der Waals surface area (Å²) in [6, 6.07) is 26.2. The van der Waals surface area contributed by atoms with Crippen molar-refractivity contribution in [1.29, 1.82) is 0 Å². The minimum Gasteiger partial charge on any atom is -0.350 e. The van der Waals surface area contributed by atoms with Gasteiger partial charge in [-0.3, -0.25) is 0 Å². The molecule has 3 aromatic rings. The summed E-state index contributed by atoms with van der Waals surface area (Å²) >= 11 is 0. The molecule has 0 N–H and O–H groups in total. The van der Waals surface area contributed by atoms with Crippen LogP contribution in [0.1, 0.15) is 34.4 Å².